The molecule has 0 radical (unpaired) electrons. The fourth-order valence-corrected chi connectivity index (χ4v) is 4.63. The molecule has 3 nitrogen and oxygen atoms in total. The van der Waals surface area contributed by atoms with Gasteiger partial charge in [0.1, 0.15) is 17.9 Å². The molecule has 1 aromatic rings. The number of aliphatic hydroxyl groups excluding tert-OH is 1. The predicted molar refractivity (Wildman–Crippen MR) is 119 cm³/mol. The third-order valence-electron chi connectivity index (χ3n) is 6.71. The smallest absolute Gasteiger partial charge is 0.129 e. The van der Waals surface area contributed by atoms with E-state index in [-0.39, 0.29) is 11.9 Å². The van der Waals surface area contributed by atoms with Crippen molar-refractivity contribution in [2.45, 2.75) is 83.2 Å². The first-order valence-corrected chi connectivity index (χ1v) is 11.3. The van der Waals surface area contributed by atoms with Gasteiger partial charge in [-0.05, 0) is 93.6 Å². The van der Waals surface area contributed by atoms with Crippen LogP contribution in [0.25, 0.3) is 5.57 Å². The van der Waals surface area contributed by atoms with Crippen molar-refractivity contribution in [2.24, 2.45) is 5.92 Å². The molecule has 0 bridgehead atoms. The Balaban J connectivity index is 0.00000124. The number of rotatable bonds is 6. The molecule has 0 unspecified atom stereocenters. The van der Waals surface area contributed by atoms with Crippen LogP contribution < -0.4 is 4.74 Å². The Kier molecular flexibility index (Phi) is 7.51. The molecule has 164 valence electrons. The second kappa shape index (κ2) is 9.91. The van der Waals surface area contributed by atoms with Crippen molar-refractivity contribution < 1.29 is 19.0 Å². The molecule has 0 saturated heterocycles. The Bertz CT molecular complexity index is 812. The number of hydrogen-bond donors (Lipinski definition) is 1. The molecular formula is C26H35FO3. The molecule has 30 heavy (non-hydrogen) atoms. The molecule has 1 N–H and O–H groups in total. The van der Waals surface area contributed by atoms with E-state index in [0.29, 0.717) is 12.3 Å². The zero-order valence-corrected chi connectivity index (χ0v) is 18.5. The average Bonchev–Trinajstić information content (AvgIpc) is 3.23. The van der Waals surface area contributed by atoms with Gasteiger partial charge in [0.15, 0.2) is 0 Å². The molecule has 2 fully saturated rings. The monoisotopic (exact) mass is 414 g/mol. The minimum atomic E-state index is -0.575. The SMILES string of the molecule is CC(C)(C=O)c1ccc(OC2CCCC2)c(C2=CCCC(F)=C2C2CCC2)c1.CO. The third-order valence-corrected chi connectivity index (χ3v) is 6.71. The van der Waals surface area contributed by atoms with Crippen molar-refractivity contribution in [3.8, 4) is 5.75 Å². The Morgan fingerprint density at radius 3 is 2.40 bits per heavy atom. The van der Waals surface area contributed by atoms with Crippen molar-refractivity contribution >= 4 is 11.9 Å². The summed E-state index contributed by atoms with van der Waals surface area (Å²) in [5, 5.41) is 7.00. The third kappa shape index (κ3) is 4.69. The van der Waals surface area contributed by atoms with Crippen LogP contribution in [0.1, 0.15) is 82.8 Å². The van der Waals surface area contributed by atoms with E-state index in [1.807, 2.05) is 26.0 Å². The summed E-state index contributed by atoms with van der Waals surface area (Å²) in [6.45, 7) is 3.85. The number of carbonyl (C=O) groups excluding carboxylic acids is 1. The first kappa shape index (κ1) is 22.7. The second-order valence-corrected chi connectivity index (χ2v) is 9.18. The number of carbonyl (C=O) groups is 1. The first-order chi connectivity index (χ1) is 14.5. The number of hydrogen-bond acceptors (Lipinski definition) is 3. The molecule has 0 heterocycles. The predicted octanol–water partition coefficient (Wildman–Crippen LogP) is 6.29. The maximum atomic E-state index is 14.9. The molecule has 0 amide bonds. The molecular weight excluding hydrogens is 379 g/mol. The van der Waals surface area contributed by atoms with Gasteiger partial charge < -0.3 is 14.6 Å². The lowest BCUT2D eigenvalue weighted by atomic mass is 9.72. The number of aldehydes is 1. The standard InChI is InChI=1S/C25H31FO2.CH4O/c1-25(2,16-27)18-13-14-23(28-19-9-3-4-10-19)21(15-18)20-11-6-12-22(26)24(20)17-7-5-8-17;1-2/h11,13-17,19H,3-10,12H2,1-2H3;2H,1H3. The van der Waals surface area contributed by atoms with Crippen LogP contribution in [0.5, 0.6) is 5.75 Å². The van der Waals surface area contributed by atoms with Gasteiger partial charge in [0.25, 0.3) is 0 Å². The molecule has 0 spiro atoms. The summed E-state index contributed by atoms with van der Waals surface area (Å²) >= 11 is 0. The van der Waals surface area contributed by atoms with E-state index >= 15 is 0 Å². The highest BCUT2D eigenvalue weighted by atomic mass is 19.1. The second-order valence-electron chi connectivity index (χ2n) is 9.18. The van der Waals surface area contributed by atoms with E-state index in [1.165, 1.54) is 19.3 Å². The summed E-state index contributed by atoms with van der Waals surface area (Å²) in [6.07, 6.45) is 12.5. The normalized spacial score (nSPS) is 20.2. The lowest BCUT2D eigenvalue weighted by Crippen LogP contribution is -2.21. The van der Waals surface area contributed by atoms with Crippen molar-refractivity contribution in [2.75, 3.05) is 7.11 Å². The van der Waals surface area contributed by atoms with Crippen LogP contribution in [-0.2, 0) is 10.2 Å². The Labute approximate surface area is 180 Å². The van der Waals surface area contributed by atoms with Gasteiger partial charge in [-0.3, -0.25) is 0 Å². The number of halogens is 1. The van der Waals surface area contributed by atoms with E-state index in [0.717, 1.165) is 73.5 Å². The van der Waals surface area contributed by atoms with Gasteiger partial charge in [-0.1, -0.05) is 18.6 Å². The van der Waals surface area contributed by atoms with Crippen molar-refractivity contribution in [3.05, 3.63) is 46.8 Å². The molecule has 4 rings (SSSR count). The maximum absolute atomic E-state index is 14.9. The van der Waals surface area contributed by atoms with Gasteiger partial charge >= 0.3 is 0 Å². The lowest BCUT2D eigenvalue weighted by Gasteiger charge is -2.33. The molecule has 0 aliphatic heterocycles. The Morgan fingerprint density at radius 2 is 1.80 bits per heavy atom. The average molecular weight is 415 g/mol. The van der Waals surface area contributed by atoms with Gasteiger partial charge in [0.05, 0.1) is 6.10 Å². The van der Waals surface area contributed by atoms with Crippen LogP contribution in [-0.4, -0.2) is 24.6 Å². The van der Waals surface area contributed by atoms with Crippen LogP contribution >= 0.6 is 0 Å². The summed E-state index contributed by atoms with van der Waals surface area (Å²) in [5.41, 5.74) is 3.25. The van der Waals surface area contributed by atoms with Crippen LogP contribution in [0.15, 0.2) is 35.7 Å². The molecule has 3 aliphatic rings. The Hall–Kier alpha value is -1.94. The fraction of sp³-hybridized carbons (Fsp3) is 0.577. The molecule has 3 aliphatic carbocycles. The van der Waals surface area contributed by atoms with Gasteiger partial charge in [-0.25, -0.2) is 4.39 Å². The number of benzene rings is 1. The minimum Gasteiger partial charge on any atom is -0.490 e. The van der Waals surface area contributed by atoms with Crippen LogP contribution in [0.4, 0.5) is 4.39 Å². The zero-order chi connectivity index (χ0) is 21.7. The number of aliphatic hydroxyl groups is 1. The van der Waals surface area contributed by atoms with E-state index < -0.39 is 5.41 Å². The fourth-order valence-electron chi connectivity index (χ4n) is 4.63. The topological polar surface area (TPSA) is 46.5 Å². The van der Waals surface area contributed by atoms with Crippen molar-refractivity contribution in [1.29, 1.82) is 0 Å². The molecule has 1 aromatic carbocycles. The van der Waals surface area contributed by atoms with E-state index in [4.69, 9.17) is 9.84 Å². The van der Waals surface area contributed by atoms with Gasteiger partial charge in [-0.15, -0.1) is 0 Å². The lowest BCUT2D eigenvalue weighted by molar-refractivity contribution is -0.111. The highest BCUT2D eigenvalue weighted by Gasteiger charge is 2.32. The Morgan fingerprint density at radius 1 is 1.10 bits per heavy atom. The van der Waals surface area contributed by atoms with Gasteiger partial charge in [0, 0.05) is 24.5 Å². The summed E-state index contributed by atoms with van der Waals surface area (Å²) in [4.78, 5) is 11.6. The van der Waals surface area contributed by atoms with Crippen LogP contribution in [0.3, 0.4) is 0 Å². The highest BCUT2D eigenvalue weighted by molar-refractivity contribution is 5.85. The maximum Gasteiger partial charge on any atom is 0.129 e. The zero-order valence-electron chi connectivity index (χ0n) is 18.5. The number of allylic oxidation sites excluding steroid dienone is 4. The number of ether oxygens (including phenoxy) is 1. The quantitative estimate of drug-likeness (QED) is 0.556. The van der Waals surface area contributed by atoms with E-state index in [1.54, 1.807) is 0 Å². The highest BCUT2D eigenvalue weighted by Crippen LogP contribution is 2.47. The largest absolute Gasteiger partial charge is 0.490 e. The van der Waals surface area contributed by atoms with E-state index in [9.17, 15) is 9.18 Å². The molecule has 0 atom stereocenters. The first-order valence-electron chi connectivity index (χ1n) is 11.3. The summed E-state index contributed by atoms with van der Waals surface area (Å²) in [6, 6.07) is 6.07. The summed E-state index contributed by atoms with van der Waals surface area (Å²) in [7, 11) is 1.00. The summed E-state index contributed by atoms with van der Waals surface area (Å²) < 4.78 is 21.3. The van der Waals surface area contributed by atoms with Crippen molar-refractivity contribution in [1.82, 2.24) is 0 Å². The molecule has 4 heteroatoms. The van der Waals surface area contributed by atoms with Crippen LogP contribution in [0, 0.1) is 5.92 Å². The molecule has 0 aromatic heterocycles. The van der Waals surface area contributed by atoms with Gasteiger partial charge in [0.2, 0.25) is 0 Å². The van der Waals surface area contributed by atoms with Gasteiger partial charge in [-0.2, -0.15) is 0 Å². The van der Waals surface area contributed by atoms with E-state index in [2.05, 4.69) is 12.1 Å². The molecule has 2 saturated carbocycles. The minimum absolute atomic E-state index is 0.0501. The van der Waals surface area contributed by atoms with Crippen LogP contribution in [0.2, 0.25) is 0 Å². The summed E-state index contributed by atoms with van der Waals surface area (Å²) in [5.74, 6) is 1.22. The van der Waals surface area contributed by atoms with Crippen molar-refractivity contribution in [3.63, 3.8) is 0 Å².